The minimum atomic E-state index is -0.467. The Hall–Kier alpha value is -2.20. The maximum Gasteiger partial charge on any atom is 0.274 e. The summed E-state index contributed by atoms with van der Waals surface area (Å²) in [6, 6.07) is 8.50. The first-order chi connectivity index (χ1) is 11.6. The highest BCUT2D eigenvalue weighted by molar-refractivity contribution is 6.20. The van der Waals surface area contributed by atoms with Gasteiger partial charge in [0.15, 0.2) is 0 Å². The van der Waals surface area contributed by atoms with Crippen LogP contribution in [0.5, 0.6) is 0 Å². The molecular formula is C19H18ClFN2O. The number of pyridine rings is 1. The fourth-order valence-corrected chi connectivity index (χ4v) is 3.30. The molecule has 0 aliphatic heterocycles. The Bertz CT molecular complexity index is 800. The van der Waals surface area contributed by atoms with E-state index in [0.29, 0.717) is 11.6 Å². The Morgan fingerprint density at radius 2 is 2.12 bits per heavy atom. The van der Waals surface area contributed by atoms with Gasteiger partial charge in [-0.2, -0.15) is 0 Å². The first-order valence-electron chi connectivity index (χ1n) is 7.89. The Kier molecular flexibility index (Phi) is 4.95. The smallest absolute Gasteiger partial charge is 0.274 e. The lowest BCUT2D eigenvalue weighted by atomic mass is 9.97. The maximum absolute atomic E-state index is 12.9. The topological polar surface area (TPSA) is 42.0 Å². The maximum atomic E-state index is 12.9. The summed E-state index contributed by atoms with van der Waals surface area (Å²) in [5.41, 5.74) is 5.71. The van der Waals surface area contributed by atoms with E-state index in [0.717, 1.165) is 31.0 Å². The molecule has 0 saturated heterocycles. The summed E-state index contributed by atoms with van der Waals surface area (Å²) in [5.74, 6) is -0.296. The number of alkyl halides is 1. The van der Waals surface area contributed by atoms with Gasteiger partial charge in [0.2, 0.25) is 0 Å². The van der Waals surface area contributed by atoms with E-state index >= 15 is 0 Å². The zero-order valence-corrected chi connectivity index (χ0v) is 14.2. The monoisotopic (exact) mass is 344 g/mol. The molecule has 1 aliphatic rings. The molecule has 1 N–H and O–H groups in total. The van der Waals surface area contributed by atoms with E-state index in [1.54, 1.807) is 0 Å². The number of amides is 1. The third-order valence-electron chi connectivity index (χ3n) is 4.35. The van der Waals surface area contributed by atoms with Gasteiger partial charge in [0, 0.05) is 11.6 Å². The van der Waals surface area contributed by atoms with Gasteiger partial charge in [-0.3, -0.25) is 4.79 Å². The highest BCUT2D eigenvalue weighted by atomic mass is 35.5. The van der Waals surface area contributed by atoms with Crippen molar-refractivity contribution in [3.8, 4) is 0 Å². The van der Waals surface area contributed by atoms with E-state index in [-0.39, 0.29) is 11.6 Å². The van der Waals surface area contributed by atoms with Crippen LogP contribution in [-0.4, -0.2) is 16.8 Å². The number of hydrogen-bond acceptors (Lipinski definition) is 2. The summed E-state index contributed by atoms with van der Waals surface area (Å²) < 4.78 is 12.9. The number of rotatable bonds is 3. The molecule has 0 spiro atoms. The number of anilines is 1. The average molecular weight is 345 g/mol. The summed E-state index contributed by atoms with van der Waals surface area (Å²) in [6.07, 6.45) is 4.12. The number of hydrogen-bond donors (Lipinski definition) is 1. The van der Waals surface area contributed by atoms with Crippen LogP contribution in [-0.2, 0) is 6.42 Å². The molecule has 1 aromatic carbocycles. The summed E-state index contributed by atoms with van der Waals surface area (Å²) in [7, 11) is 0. The van der Waals surface area contributed by atoms with Crippen LogP contribution in [0.15, 0.2) is 42.1 Å². The second-order valence-corrected chi connectivity index (χ2v) is 6.17. The van der Waals surface area contributed by atoms with Crippen LogP contribution in [0.3, 0.4) is 0 Å². The van der Waals surface area contributed by atoms with E-state index in [1.807, 2.05) is 18.2 Å². The molecule has 0 fully saturated rings. The van der Waals surface area contributed by atoms with Crippen LogP contribution in [0.2, 0.25) is 0 Å². The molecular weight excluding hydrogens is 327 g/mol. The van der Waals surface area contributed by atoms with Gasteiger partial charge < -0.3 is 5.32 Å². The number of nitrogens with zero attached hydrogens (tertiary/aromatic N) is 1. The first-order valence-corrected chi connectivity index (χ1v) is 8.42. The molecule has 1 aliphatic carbocycles. The summed E-state index contributed by atoms with van der Waals surface area (Å²) in [6.45, 7) is 2.08. The number of aryl methyl sites for hydroxylation is 1. The molecule has 1 aromatic heterocycles. The van der Waals surface area contributed by atoms with E-state index in [4.69, 9.17) is 11.6 Å². The number of halogens is 2. The molecule has 0 saturated carbocycles. The normalized spacial score (nSPS) is 14.1. The largest absolute Gasteiger partial charge is 0.321 e. The molecule has 5 heteroatoms. The molecule has 0 unspecified atom stereocenters. The van der Waals surface area contributed by atoms with Crippen molar-refractivity contribution in [3.63, 3.8) is 0 Å². The van der Waals surface area contributed by atoms with Gasteiger partial charge in [-0.1, -0.05) is 11.6 Å². The molecule has 1 heterocycles. The summed E-state index contributed by atoms with van der Waals surface area (Å²) in [4.78, 5) is 16.0. The SMILES string of the molecule is CC1=C(CCl)CCCc2ccc(NC(=O)c3ccc(F)cn3)cc21. The Labute approximate surface area is 145 Å². The van der Waals surface area contributed by atoms with Crippen molar-refractivity contribution in [2.75, 3.05) is 11.2 Å². The molecule has 24 heavy (non-hydrogen) atoms. The quantitative estimate of drug-likeness (QED) is 0.811. The molecule has 3 nitrogen and oxygen atoms in total. The van der Waals surface area contributed by atoms with E-state index in [9.17, 15) is 9.18 Å². The molecule has 0 atom stereocenters. The second-order valence-electron chi connectivity index (χ2n) is 5.90. The number of benzene rings is 1. The number of carbonyl (C=O) groups excluding carboxylic acids is 1. The first kappa shape index (κ1) is 16.7. The number of aromatic nitrogens is 1. The van der Waals surface area contributed by atoms with Crippen LogP contribution < -0.4 is 5.32 Å². The van der Waals surface area contributed by atoms with Crippen molar-refractivity contribution in [3.05, 3.63) is 64.7 Å². The highest BCUT2D eigenvalue weighted by Crippen LogP contribution is 2.32. The van der Waals surface area contributed by atoms with Crippen LogP contribution in [0.4, 0.5) is 10.1 Å². The minimum Gasteiger partial charge on any atom is -0.321 e. The van der Waals surface area contributed by atoms with Gasteiger partial charge >= 0.3 is 0 Å². The van der Waals surface area contributed by atoms with Crippen LogP contribution >= 0.6 is 11.6 Å². The van der Waals surface area contributed by atoms with Gasteiger partial charge in [0.25, 0.3) is 5.91 Å². The van der Waals surface area contributed by atoms with Crippen LogP contribution in [0.25, 0.3) is 5.57 Å². The number of nitrogens with one attached hydrogen (secondary N) is 1. The van der Waals surface area contributed by atoms with Crippen molar-refractivity contribution >= 4 is 28.8 Å². The summed E-state index contributed by atoms with van der Waals surface area (Å²) in [5, 5.41) is 2.82. The molecule has 0 bridgehead atoms. The van der Waals surface area contributed by atoms with Gasteiger partial charge in [-0.15, -0.1) is 11.6 Å². The lowest BCUT2D eigenvalue weighted by Gasteiger charge is -2.12. The molecule has 2 aromatic rings. The van der Waals surface area contributed by atoms with Gasteiger partial charge in [-0.05, 0) is 67.2 Å². The lowest BCUT2D eigenvalue weighted by molar-refractivity contribution is 0.102. The van der Waals surface area contributed by atoms with Crippen molar-refractivity contribution in [2.24, 2.45) is 0 Å². The lowest BCUT2D eigenvalue weighted by Crippen LogP contribution is -2.14. The zero-order valence-electron chi connectivity index (χ0n) is 13.4. The predicted octanol–water partition coefficient (Wildman–Crippen LogP) is 4.82. The predicted molar refractivity (Wildman–Crippen MR) is 94.8 cm³/mol. The second kappa shape index (κ2) is 7.14. The van der Waals surface area contributed by atoms with E-state index < -0.39 is 5.82 Å². The standard InChI is InChI=1S/C19H18ClFN2O/c1-12-14(10-20)4-2-3-13-5-7-16(9-17(12)13)23-19(24)18-8-6-15(21)11-22-18/h5-9,11H,2-4,10H2,1H3,(H,23,24). The fourth-order valence-electron chi connectivity index (χ4n) is 2.96. The minimum absolute atomic E-state index is 0.181. The molecule has 124 valence electrons. The molecule has 3 rings (SSSR count). The molecule has 1 amide bonds. The number of carbonyl (C=O) groups is 1. The Morgan fingerprint density at radius 3 is 2.83 bits per heavy atom. The van der Waals surface area contributed by atoms with Crippen molar-refractivity contribution in [2.45, 2.75) is 26.2 Å². The fraction of sp³-hybridized carbons (Fsp3) is 0.263. The van der Waals surface area contributed by atoms with Gasteiger partial charge in [-0.25, -0.2) is 9.37 Å². The van der Waals surface area contributed by atoms with E-state index in [1.165, 1.54) is 28.8 Å². The number of allylic oxidation sites excluding steroid dienone is 2. The summed E-state index contributed by atoms with van der Waals surface area (Å²) >= 11 is 6.06. The number of fused-ring (bicyclic) bond motifs is 1. The van der Waals surface area contributed by atoms with Crippen molar-refractivity contribution < 1.29 is 9.18 Å². The van der Waals surface area contributed by atoms with E-state index in [2.05, 4.69) is 17.2 Å². The van der Waals surface area contributed by atoms with Crippen LogP contribution in [0, 0.1) is 5.82 Å². The van der Waals surface area contributed by atoms with Gasteiger partial charge in [0.05, 0.1) is 6.20 Å². The molecule has 0 radical (unpaired) electrons. The Morgan fingerprint density at radius 1 is 1.29 bits per heavy atom. The zero-order chi connectivity index (χ0) is 17.1. The third-order valence-corrected chi connectivity index (χ3v) is 4.67. The van der Waals surface area contributed by atoms with Crippen molar-refractivity contribution in [1.82, 2.24) is 4.98 Å². The van der Waals surface area contributed by atoms with Crippen LogP contribution in [0.1, 0.15) is 41.4 Å². The highest BCUT2D eigenvalue weighted by Gasteiger charge is 2.15. The van der Waals surface area contributed by atoms with Crippen molar-refractivity contribution in [1.29, 1.82) is 0 Å². The average Bonchev–Trinajstić information content (AvgIpc) is 2.74. The third kappa shape index (κ3) is 3.49. The Balaban J connectivity index is 1.88. The van der Waals surface area contributed by atoms with Gasteiger partial charge in [0.1, 0.15) is 11.5 Å².